The monoisotopic (exact) mass is 423 g/mol. The average molecular weight is 423 g/mol. The fourth-order valence-corrected chi connectivity index (χ4v) is 3.42. The Morgan fingerprint density at radius 2 is 1.79 bits per heavy atom. The number of aliphatic hydroxyl groups is 1. The van der Waals surface area contributed by atoms with Crippen LogP contribution in [0.25, 0.3) is 0 Å². The molecule has 1 aliphatic rings. The number of aliphatic hydroxyl groups excluding tert-OH is 1. The van der Waals surface area contributed by atoms with Crippen LogP contribution in [0.3, 0.4) is 0 Å². The number of carbonyl (C=O) groups is 1. The van der Waals surface area contributed by atoms with E-state index in [0.717, 1.165) is 12.8 Å². The number of amides is 2. The average Bonchev–Trinajstić information content (AvgIpc) is 3.51. The van der Waals surface area contributed by atoms with Gasteiger partial charge in [-0.1, -0.05) is 18.2 Å². The van der Waals surface area contributed by atoms with E-state index >= 15 is 0 Å². The molecule has 156 valence electrons. The molecule has 1 unspecified atom stereocenters. The number of methoxy groups -OCH3 is 2. The Bertz CT molecular complexity index is 973. The molecule has 29 heavy (non-hydrogen) atoms. The van der Waals surface area contributed by atoms with Gasteiger partial charge in [-0.25, -0.2) is 9.52 Å². The van der Waals surface area contributed by atoms with Crippen molar-refractivity contribution in [3.8, 4) is 11.8 Å². The molecule has 2 aromatic rings. The van der Waals surface area contributed by atoms with Gasteiger partial charge in [-0.2, -0.15) is 18.4 Å². The summed E-state index contributed by atoms with van der Waals surface area (Å²) in [4.78, 5) is 19.9. The molecule has 1 aromatic carbocycles. The van der Waals surface area contributed by atoms with Crippen LogP contribution >= 0.6 is 0 Å². The highest BCUT2D eigenvalue weighted by Crippen LogP contribution is 2.42. The van der Waals surface area contributed by atoms with Gasteiger partial charge in [0.2, 0.25) is 17.7 Å². The van der Waals surface area contributed by atoms with E-state index in [0.29, 0.717) is 5.56 Å². The van der Waals surface area contributed by atoms with E-state index in [4.69, 9.17) is 9.47 Å². The second kappa shape index (κ2) is 8.49. The fraction of sp³-hybridized carbons (Fsp3) is 0.353. The first-order chi connectivity index (χ1) is 13.8. The molecule has 1 fully saturated rings. The molecule has 1 atom stereocenters. The van der Waals surface area contributed by atoms with Gasteiger partial charge in [0.1, 0.15) is 0 Å². The number of aromatic nitrogens is 2. The van der Waals surface area contributed by atoms with E-state index in [2.05, 4.69) is 20.0 Å². The Labute approximate surface area is 167 Å². The van der Waals surface area contributed by atoms with Crippen molar-refractivity contribution in [3.05, 3.63) is 35.9 Å². The number of nitrogens with one attached hydrogen (secondary N) is 3. The van der Waals surface area contributed by atoms with Crippen LogP contribution in [0.4, 0.5) is 16.4 Å². The van der Waals surface area contributed by atoms with Crippen molar-refractivity contribution >= 4 is 27.9 Å². The van der Waals surface area contributed by atoms with Gasteiger partial charge in [0, 0.05) is 5.56 Å². The molecule has 0 saturated heterocycles. The maximum absolute atomic E-state index is 12.4. The summed E-state index contributed by atoms with van der Waals surface area (Å²) in [5.41, 5.74) is 0.633. The number of urea groups is 1. The first kappa shape index (κ1) is 20.6. The predicted molar refractivity (Wildman–Crippen MR) is 104 cm³/mol. The maximum atomic E-state index is 12.4. The summed E-state index contributed by atoms with van der Waals surface area (Å²) in [5, 5.41) is 12.5. The quantitative estimate of drug-likeness (QED) is 0.497. The van der Waals surface area contributed by atoms with Crippen LogP contribution in [0.5, 0.6) is 11.8 Å². The Hall–Kier alpha value is -3.12. The Balaban J connectivity index is 1.69. The summed E-state index contributed by atoms with van der Waals surface area (Å²) in [5.74, 6) is 0.141. The highest BCUT2D eigenvalue weighted by atomic mass is 32.2. The van der Waals surface area contributed by atoms with E-state index in [1.807, 2.05) is 0 Å². The number of rotatable bonds is 8. The third-order valence-electron chi connectivity index (χ3n) is 4.14. The molecule has 1 aromatic heterocycles. The van der Waals surface area contributed by atoms with Crippen LogP contribution in [0, 0.1) is 5.92 Å². The van der Waals surface area contributed by atoms with Crippen LogP contribution in [-0.2, 0) is 10.2 Å². The molecule has 1 saturated carbocycles. The Morgan fingerprint density at radius 3 is 2.38 bits per heavy atom. The van der Waals surface area contributed by atoms with Gasteiger partial charge in [0.15, 0.2) is 0 Å². The SMILES string of the molecule is COc1cc(OC)nc(NC(=O)NS(=O)(=O)Nc2ccccc2C(O)C2CC2)n1. The largest absolute Gasteiger partial charge is 0.481 e. The number of carbonyl (C=O) groups excluding carboxylic acids is 1. The first-order valence-corrected chi connectivity index (χ1v) is 10.1. The number of ether oxygens (including phenoxy) is 2. The zero-order valence-corrected chi connectivity index (χ0v) is 16.6. The maximum Gasteiger partial charge on any atom is 0.336 e. The first-order valence-electron chi connectivity index (χ1n) is 8.67. The highest BCUT2D eigenvalue weighted by Gasteiger charge is 2.32. The number of benzene rings is 1. The third-order valence-corrected chi connectivity index (χ3v) is 5.08. The second-order valence-electron chi connectivity index (χ2n) is 6.31. The summed E-state index contributed by atoms with van der Waals surface area (Å²) < 4.78 is 38.7. The number of nitrogens with zero attached hydrogens (tertiary/aromatic N) is 2. The lowest BCUT2D eigenvalue weighted by Gasteiger charge is -2.16. The number of hydrogen-bond donors (Lipinski definition) is 4. The minimum atomic E-state index is -4.29. The summed E-state index contributed by atoms with van der Waals surface area (Å²) >= 11 is 0. The van der Waals surface area contributed by atoms with Gasteiger partial charge in [-0.05, 0) is 24.8 Å². The summed E-state index contributed by atoms with van der Waals surface area (Å²) in [6, 6.07) is 6.77. The zero-order chi connectivity index (χ0) is 21.0. The van der Waals surface area contributed by atoms with Crippen LogP contribution in [0.15, 0.2) is 30.3 Å². The number of hydrogen-bond acceptors (Lipinski definition) is 8. The molecular formula is C17H21N5O6S. The van der Waals surface area contributed by atoms with Gasteiger partial charge in [-0.15, -0.1) is 0 Å². The molecule has 11 nitrogen and oxygen atoms in total. The molecule has 0 spiro atoms. The van der Waals surface area contributed by atoms with Gasteiger partial charge in [-0.3, -0.25) is 10.0 Å². The van der Waals surface area contributed by atoms with Crippen molar-refractivity contribution in [2.45, 2.75) is 18.9 Å². The Kier molecular flexibility index (Phi) is 6.03. The zero-order valence-electron chi connectivity index (χ0n) is 15.7. The van der Waals surface area contributed by atoms with Crippen molar-refractivity contribution in [1.29, 1.82) is 0 Å². The fourth-order valence-electron chi connectivity index (χ4n) is 2.60. The van der Waals surface area contributed by atoms with E-state index < -0.39 is 22.3 Å². The molecule has 4 N–H and O–H groups in total. The van der Waals surface area contributed by atoms with Crippen LogP contribution in [-0.4, -0.2) is 43.7 Å². The highest BCUT2D eigenvalue weighted by molar-refractivity contribution is 7.91. The molecule has 2 amide bonds. The molecule has 3 rings (SSSR count). The van der Waals surface area contributed by atoms with Crippen LogP contribution in [0.1, 0.15) is 24.5 Å². The predicted octanol–water partition coefficient (Wildman–Crippen LogP) is 1.42. The van der Waals surface area contributed by atoms with Crippen molar-refractivity contribution in [2.24, 2.45) is 5.92 Å². The minimum Gasteiger partial charge on any atom is -0.481 e. The minimum absolute atomic E-state index is 0.108. The standard InChI is InChI=1S/C17H21N5O6S/c1-27-13-9-14(28-2)19-16(18-13)20-17(24)22-29(25,26)21-12-6-4-3-5-11(12)15(23)10-7-8-10/h3-6,9-10,15,21,23H,7-8H2,1-2H3,(H2,18,19,20,22,24). The molecule has 12 heteroatoms. The topological polar surface area (TPSA) is 152 Å². The molecule has 0 bridgehead atoms. The lowest BCUT2D eigenvalue weighted by atomic mass is 10.0. The van der Waals surface area contributed by atoms with Gasteiger partial charge < -0.3 is 14.6 Å². The van der Waals surface area contributed by atoms with E-state index in [1.54, 1.807) is 22.9 Å². The van der Waals surface area contributed by atoms with E-state index in [9.17, 15) is 18.3 Å². The lowest BCUT2D eigenvalue weighted by Crippen LogP contribution is -2.38. The normalized spacial score (nSPS) is 14.6. The Morgan fingerprint density at radius 1 is 1.17 bits per heavy atom. The number of para-hydroxylation sites is 1. The third kappa shape index (κ3) is 5.45. The molecule has 0 aliphatic heterocycles. The smallest absolute Gasteiger partial charge is 0.336 e. The second-order valence-corrected chi connectivity index (χ2v) is 7.72. The molecule has 1 heterocycles. The van der Waals surface area contributed by atoms with Crippen LogP contribution < -0.4 is 24.2 Å². The van der Waals surface area contributed by atoms with E-state index in [1.165, 1.54) is 26.4 Å². The molecule has 1 aliphatic carbocycles. The molecule has 0 radical (unpaired) electrons. The van der Waals surface area contributed by atoms with E-state index in [-0.39, 0.29) is 29.3 Å². The summed E-state index contributed by atoms with van der Waals surface area (Å²) in [7, 11) is -1.55. The number of anilines is 2. The van der Waals surface area contributed by atoms with Crippen molar-refractivity contribution < 1.29 is 27.8 Å². The van der Waals surface area contributed by atoms with Crippen molar-refractivity contribution in [2.75, 3.05) is 24.3 Å². The summed E-state index contributed by atoms with van der Waals surface area (Å²) in [6.45, 7) is 0. The van der Waals surface area contributed by atoms with Crippen LogP contribution in [0.2, 0.25) is 0 Å². The molecular weight excluding hydrogens is 402 g/mol. The summed E-state index contributed by atoms with van der Waals surface area (Å²) in [6.07, 6.45) is 0.986. The van der Waals surface area contributed by atoms with Gasteiger partial charge in [0.05, 0.1) is 32.1 Å². The van der Waals surface area contributed by atoms with Crippen molar-refractivity contribution in [1.82, 2.24) is 14.7 Å². The lowest BCUT2D eigenvalue weighted by molar-refractivity contribution is 0.154. The van der Waals surface area contributed by atoms with Gasteiger partial charge >= 0.3 is 16.2 Å². The van der Waals surface area contributed by atoms with Crippen molar-refractivity contribution in [3.63, 3.8) is 0 Å². The van der Waals surface area contributed by atoms with Gasteiger partial charge in [0.25, 0.3) is 0 Å².